The Bertz CT molecular complexity index is 73.0. The first-order chi connectivity index (χ1) is 7.10. The quantitative estimate of drug-likeness (QED) is 0.305. The van der Waals surface area contributed by atoms with Crippen molar-refractivity contribution in [2.45, 2.75) is 25.9 Å². The standard InChI is InChI=1S/C4H10O2.C3H8O2.C2H6O2/c5-3-1-2-4-6;1-3(5)2-4;3-1-2-4/h5-6H,1-4H2;3-5H,2H2,1H3;3-4H,1-2H2. The van der Waals surface area contributed by atoms with Crippen LogP contribution in [-0.4, -0.2) is 69.8 Å². The second kappa shape index (κ2) is 23.5. The van der Waals surface area contributed by atoms with Crippen molar-refractivity contribution in [2.75, 3.05) is 33.0 Å². The van der Waals surface area contributed by atoms with Gasteiger partial charge in [0.25, 0.3) is 0 Å². The molecule has 0 aliphatic rings. The predicted molar refractivity (Wildman–Crippen MR) is 56.3 cm³/mol. The van der Waals surface area contributed by atoms with E-state index in [1.807, 2.05) is 0 Å². The number of aliphatic hydroxyl groups excluding tert-OH is 6. The molecule has 0 aliphatic heterocycles. The van der Waals surface area contributed by atoms with E-state index < -0.39 is 6.10 Å². The molecule has 0 saturated carbocycles. The minimum Gasteiger partial charge on any atom is -0.396 e. The molecule has 0 aliphatic carbocycles. The number of aliphatic hydroxyl groups is 6. The van der Waals surface area contributed by atoms with E-state index in [9.17, 15) is 0 Å². The van der Waals surface area contributed by atoms with E-state index in [1.54, 1.807) is 0 Å². The van der Waals surface area contributed by atoms with Crippen LogP contribution < -0.4 is 0 Å². The molecule has 0 heterocycles. The molecule has 0 saturated heterocycles. The lowest BCUT2D eigenvalue weighted by atomic mass is 10.3. The van der Waals surface area contributed by atoms with Crippen LogP contribution in [0.4, 0.5) is 0 Å². The molecule has 96 valence electrons. The van der Waals surface area contributed by atoms with Crippen LogP contribution in [0.3, 0.4) is 0 Å². The Morgan fingerprint density at radius 2 is 1.00 bits per heavy atom. The molecule has 0 rings (SSSR count). The summed E-state index contributed by atoms with van der Waals surface area (Å²) in [5.74, 6) is 0. The van der Waals surface area contributed by atoms with Crippen LogP contribution in [0.15, 0.2) is 0 Å². The molecule has 0 amide bonds. The van der Waals surface area contributed by atoms with E-state index in [0.29, 0.717) is 0 Å². The molecule has 0 aromatic rings. The fourth-order valence-electron chi connectivity index (χ4n) is 0.224. The molecule has 6 nitrogen and oxygen atoms in total. The van der Waals surface area contributed by atoms with Crippen molar-refractivity contribution < 1.29 is 30.6 Å². The molecule has 0 radical (unpaired) electrons. The summed E-state index contributed by atoms with van der Waals surface area (Å²) in [4.78, 5) is 0. The number of unbranched alkanes of at least 4 members (excludes halogenated alkanes) is 1. The van der Waals surface area contributed by atoms with Gasteiger partial charge in [-0.15, -0.1) is 0 Å². The van der Waals surface area contributed by atoms with Crippen molar-refractivity contribution in [3.05, 3.63) is 0 Å². The van der Waals surface area contributed by atoms with Crippen LogP contribution in [0.1, 0.15) is 19.8 Å². The third-order valence-electron chi connectivity index (χ3n) is 0.930. The summed E-state index contributed by atoms with van der Waals surface area (Å²) < 4.78 is 0. The fourth-order valence-corrected chi connectivity index (χ4v) is 0.224. The first-order valence-corrected chi connectivity index (χ1v) is 4.82. The Morgan fingerprint density at radius 3 is 1.07 bits per heavy atom. The van der Waals surface area contributed by atoms with Crippen molar-refractivity contribution in [3.8, 4) is 0 Å². The van der Waals surface area contributed by atoms with Gasteiger partial charge in [-0.05, 0) is 19.8 Å². The Morgan fingerprint density at radius 1 is 0.733 bits per heavy atom. The Balaban J connectivity index is -0.000000147. The van der Waals surface area contributed by atoms with E-state index in [-0.39, 0.29) is 33.0 Å². The fraction of sp³-hybridized carbons (Fsp3) is 1.00. The van der Waals surface area contributed by atoms with E-state index in [1.165, 1.54) is 6.92 Å². The smallest absolute Gasteiger partial charge is 0.0742 e. The van der Waals surface area contributed by atoms with Gasteiger partial charge in [0.2, 0.25) is 0 Å². The molecular weight excluding hydrogens is 204 g/mol. The summed E-state index contributed by atoms with van der Waals surface area (Å²) in [6.45, 7) is 1.53. The number of rotatable bonds is 5. The van der Waals surface area contributed by atoms with Gasteiger partial charge in [-0.1, -0.05) is 0 Å². The lowest BCUT2D eigenvalue weighted by Gasteiger charge is -1.90. The first kappa shape index (κ1) is 20.2. The highest BCUT2D eigenvalue weighted by Crippen LogP contribution is 1.80. The van der Waals surface area contributed by atoms with Crippen LogP contribution in [0.5, 0.6) is 0 Å². The van der Waals surface area contributed by atoms with Gasteiger partial charge in [-0.25, -0.2) is 0 Å². The lowest BCUT2D eigenvalue weighted by Crippen LogP contribution is -2.03. The third kappa shape index (κ3) is 57.4. The molecule has 15 heavy (non-hydrogen) atoms. The zero-order valence-corrected chi connectivity index (χ0v) is 9.21. The topological polar surface area (TPSA) is 121 Å². The zero-order valence-electron chi connectivity index (χ0n) is 9.21. The summed E-state index contributed by atoms with van der Waals surface area (Å²) in [5.41, 5.74) is 0. The van der Waals surface area contributed by atoms with Gasteiger partial charge in [-0.3, -0.25) is 0 Å². The maximum absolute atomic E-state index is 8.11. The van der Waals surface area contributed by atoms with Gasteiger partial charge in [0.05, 0.1) is 25.9 Å². The second-order valence-corrected chi connectivity index (χ2v) is 2.63. The maximum Gasteiger partial charge on any atom is 0.0742 e. The van der Waals surface area contributed by atoms with Crippen molar-refractivity contribution in [2.24, 2.45) is 0 Å². The van der Waals surface area contributed by atoms with Crippen LogP contribution in [0.25, 0.3) is 0 Å². The first-order valence-electron chi connectivity index (χ1n) is 4.82. The Labute approximate surface area is 90.4 Å². The SMILES string of the molecule is CC(O)CO.OCCCCO.OCCO. The van der Waals surface area contributed by atoms with E-state index in [4.69, 9.17) is 30.6 Å². The van der Waals surface area contributed by atoms with Gasteiger partial charge in [0.15, 0.2) is 0 Å². The normalized spacial score (nSPS) is 10.6. The number of hydrogen-bond donors (Lipinski definition) is 6. The minimum absolute atomic E-state index is 0.125. The molecule has 0 spiro atoms. The predicted octanol–water partition coefficient (Wildman–Crippen LogP) is -1.92. The molecule has 0 bridgehead atoms. The molecule has 0 aromatic heterocycles. The highest BCUT2D eigenvalue weighted by molar-refractivity contribution is 4.34. The van der Waals surface area contributed by atoms with Crippen LogP contribution in [-0.2, 0) is 0 Å². The van der Waals surface area contributed by atoms with Crippen molar-refractivity contribution in [1.29, 1.82) is 0 Å². The molecular formula is C9H24O6. The Kier molecular flexibility index (Phi) is 31.7. The van der Waals surface area contributed by atoms with Gasteiger partial charge in [0, 0.05) is 13.2 Å². The average molecular weight is 228 g/mol. The van der Waals surface area contributed by atoms with E-state index in [2.05, 4.69) is 0 Å². The lowest BCUT2D eigenvalue weighted by molar-refractivity contribution is 0.110. The third-order valence-corrected chi connectivity index (χ3v) is 0.930. The van der Waals surface area contributed by atoms with Crippen molar-refractivity contribution in [3.63, 3.8) is 0 Å². The number of hydrogen-bond acceptors (Lipinski definition) is 6. The van der Waals surface area contributed by atoms with Gasteiger partial charge < -0.3 is 30.6 Å². The van der Waals surface area contributed by atoms with E-state index >= 15 is 0 Å². The zero-order chi connectivity index (χ0) is 12.5. The minimum atomic E-state index is -0.560. The molecule has 1 unspecified atom stereocenters. The summed E-state index contributed by atoms with van der Waals surface area (Å²) in [6.07, 6.45) is 0.877. The van der Waals surface area contributed by atoms with Crippen LogP contribution in [0, 0.1) is 0 Å². The molecule has 6 heteroatoms. The molecule has 1 atom stereocenters. The second-order valence-electron chi connectivity index (χ2n) is 2.63. The highest BCUT2D eigenvalue weighted by atomic mass is 16.3. The van der Waals surface area contributed by atoms with Gasteiger partial charge in [-0.2, -0.15) is 0 Å². The van der Waals surface area contributed by atoms with Gasteiger partial charge in [0.1, 0.15) is 0 Å². The summed E-state index contributed by atoms with van der Waals surface area (Å²) in [6, 6.07) is 0. The van der Waals surface area contributed by atoms with Crippen LogP contribution in [0.2, 0.25) is 0 Å². The molecule has 0 fully saturated rings. The summed E-state index contributed by atoms with van der Waals surface area (Å²) in [7, 11) is 0. The van der Waals surface area contributed by atoms with Crippen LogP contribution >= 0.6 is 0 Å². The highest BCUT2D eigenvalue weighted by Gasteiger charge is 1.83. The van der Waals surface area contributed by atoms with Crippen molar-refractivity contribution >= 4 is 0 Å². The van der Waals surface area contributed by atoms with E-state index in [0.717, 1.165) is 12.8 Å². The monoisotopic (exact) mass is 228 g/mol. The summed E-state index contributed by atoms with van der Waals surface area (Å²) in [5, 5.41) is 47.4. The molecule has 0 aromatic carbocycles. The average Bonchev–Trinajstić information content (AvgIpc) is 2.27. The molecule has 6 N–H and O–H groups in total. The Hall–Kier alpha value is -0.240. The largest absolute Gasteiger partial charge is 0.396 e. The maximum atomic E-state index is 8.11. The van der Waals surface area contributed by atoms with Gasteiger partial charge >= 0.3 is 0 Å². The summed E-state index contributed by atoms with van der Waals surface area (Å²) >= 11 is 0. The van der Waals surface area contributed by atoms with Crippen molar-refractivity contribution in [1.82, 2.24) is 0 Å².